The molecule has 0 saturated carbocycles. The predicted octanol–water partition coefficient (Wildman–Crippen LogP) is 5.21. The summed E-state index contributed by atoms with van der Waals surface area (Å²) in [6.07, 6.45) is 9.55. The molecule has 4 aliphatic rings. The van der Waals surface area contributed by atoms with E-state index in [9.17, 15) is 44.1 Å². The molecule has 129 heavy (non-hydrogen) atoms. The van der Waals surface area contributed by atoms with Gasteiger partial charge in [-0.15, -0.1) is 23.5 Å². The molecule has 17 atom stereocenters. The SMILES string of the molecule is CCCN1C[C@@H](SCC(=O)NCCCC[C@@H](NC(=O)CS[C@H]2C[C@@H]3c4cccc5[nH]cc(c45)C[C@H]3N(CCC)C2)C(=O)N[C@H](Cc2ccccc2)C(=O)N[C@@H](CS)C(=O)N[C@@H](Cc2ccc(O)c(I)c2)C(=O)N[C@H](Cc2c[nH]c3ccccc23)C(=O)N[C@@H](CCCCN)C(=O)N[C@H](C(=O)N[C@@H](CS)C(=O)N[C@H](C(N)=O)[C@@H](C)O)[C@@H](C)O)C[C@@H]2c3cccc4[nH]cc(c34)C[C@H]21. The van der Waals surface area contributed by atoms with Gasteiger partial charge in [0.2, 0.25) is 65.0 Å². The second kappa shape index (κ2) is 47.1. The van der Waals surface area contributed by atoms with Crippen LogP contribution in [0.2, 0.25) is 0 Å². The number of benzene rings is 5. The lowest BCUT2D eigenvalue weighted by Gasteiger charge is -2.47. The quantitative estimate of drug-likeness (QED) is 0.0132. The first-order valence-corrected chi connectivity index (χ1v) is 49.1. The molecule has 5 aromatic carbocycles. The average Bonchev–Trinajstić information content (AvgIpc) is 1.70. The Morgan fingerprint density at radius 3 is 1.50 bits per heavy atom. The number of carbonyl (C=O) groups is 11. The van der Waals surface area contributed by atoms with E-state index >= 15 is 24.0 Å². The number of para-hydroxylation sites is 1. The fraction of sp³-hybridized carbons (Fsp3) is 0.495. The molecule has 31 nitrogen and oxygen atoms in total. The van der Waals surface area contributed by atoms with Crippen molar-refractivity contribution in [1.82, 2.24) is 77.9 Å². The zero-order chi connectivity index (χ0) is 92.1. The Morgan fingerprint density at radius 1 is 0.504 bits per heavy atom. The molecule has 2 saturated heterocycles. The third-order valence-electron chi connectivity index (χ3n) is 25.0. The van der Waals surface area contributed by atoms with Crippen molar-refractivity contribution >= 4 is 169 Å². The number of nitrogens with two attached hydrogens (primary N) is 2. The molecule has 36 heteroatoms. The number of likely N-dealkylation sites (tertiary alicyclic amines) is 2. The van der Waals surface area contributed by atoms with Gasteiger partial charge in [-0.3, -0.25) is 62.5 Å². The van der Waals surface area contributed by atoms with Gasteiger partial charge in [0.15, 0.2) is 0 Å². The summed E-state index contributed by atoms with van der Waals surface area (Å²) in [4.78, 5) is 174. The van der Waals surface area contributed by atoms with Crippen LogP contribution < -0.4 is 64.6 Å². The highest BCUT2D eigenvalue weighted by molar-refractivity contribution is 14.1. The van der Waals surface area contributed by atoms with Crippen LogP contribution in [0.4, 0.5) is 0 Å². The summed E-state index contributed by atoms with van der Waals surface area (Å²) in [6.45, 7) is 10.8. The fourth-order valence-corrected chi connectivity index (χ4v) is 21.8. The first kappa shape index (κ1) is 98.7. The molecule has 2 aliphatic carbocycles. The highest BCUT2D eigenvalue weighted by Gasteiger charge is 2.45. The van der Waals surface area contributed by atoms with Crippen molar-refractivity contribution in [3.05, 3.63) is 170 Å². The number of aromatic nitrogens is 3. The van der Waals surface area contributed by atoms with Gasteiger partial charge in [-0.25, -0.2) is 0 Å². The minimum Gasteiger partial charge on any atom is -0.507 e. The van der Waals surface area contributed by atoms with Gasteiger partial charge in [0.1, 0.15) is 60.1 Å². The molecule has 12 rings (SSSR count). The summed E-state index contributed by atoms with van der Waals surface area (Å²) in [5, 5.41) is 62.9. The summed E-state index contributed by atoms with van der Waals surface area (Å²) in [5.41, 5.74) is 21.2. The van der Waals surface area contributed by atoms with Crippen molar-refractivity contribution in [2.24, 2.45) is 11.5 Å². The number of halogens is 1. The van der Waals surface area contributed by atoms with Crippen molar-refractivity contribution in [1.29, 1.82) is 0 Å². The molecule has 0 radical (unpaired) electrons. The van der Waals surface area contributed by atoms with Gasteiger partial charge in [0, 0.05) is 136 Å². The smallest absolute Gasteiger partial charge is 0.245 e. The Labute approximate surface area is 784 Å². The Morgan fingerprint density at radius 2 is 0.961 bits per heavy atom. The molecule has 8 aromatic rings. The normalized spacial score (nSPS) is 19.7. The maximum atomic E-state index is 15.4. The topological polar surface area (TPSA) is 475 Å². The minimum absolute atomic E-state index is 0.0432. The zero-order valence-corrected chi connectivity index (χ0v) is 78.7. The van der Waals surface area contributed by atoms with Crippen LogP contribution in [-0.2, 0) is 84.8 Å². The summed E-state index contributed by atoms with van der Waals surface area (Å²) in [6, 6.07) is 20.9. The fourth-order valence-electron chi connectivity index (χ4n) is 18.5. The maximum Gasteiger partial charge on any atom is 0.245 e. The van der Waals surface area contributed by atoms with E-state index in [1.807, 2.05) is 28.7 Å². The Balaban J connectivity index is 0.751. The number of H-pyrrole nitrogens is 3. The number of phenolic OH excluding ortho intramolecular Hbond substituents is 1. The number of phenols is 1. The summed E-state index contributed by atoms with van der Waals surface area (Å²) >= 11 is 13.9. The van der Waals surface area contributed by atoms with Gasteiger partial charge < -0.3 is 94.9 Å². The van der Waals surface area contributed by atoms with E-state index in [1.54, 1.807) is 90.4 Å². The minimum atomic E-state index is -1.77. The van der Waals surface area contributed by atoms with Crippen molar-refractivity contribution in [2.45, 2.75) is 225 Å². The van der Waals surface area contributed by atoms with Gasteiger partial charge >= 0.3 is 0 Å². The third kappa shape index (κ3) is 25.7. The van der Waals surface area contributed by atoms with Crippen LogP contribution in [0, 0.1) is 3.57 Å². The highest BCUT2D eigenvalue weighted by Crippen LogP contribution is 2.47. The molecule has 2 fully saturated rings. The second-order valence-corrected chi connectivity index (χ2v) is 38.8. The number of nitrogens with one attached hydrogen (secondary N) is 13. The van der Waals surface area contributed by atoms with Gasteiger partial charge in [-0.05, 0) is 202 Å². The number of fused-ring (bicyclic) bond motifs is 5. The molecule has 5 heterocycles. The standard InChI is InChI=1S/C93H122IN17O14S4/c1-5-32-110-45-58(40-63-61-21-16-26-67-81(61)56(43-99-67)38-76(63)110)128-49-79(115)97-31-15-13-25-69(101-80(116)50-129-59-41-64-62-22-17-27-68-82(62)57(44-100-68)39-77(64)111(46-59)33-6-2)86(118)103-71(35-53-18-8-7-9-19-53)89(121)106-74(47-126)91(123)104-72(36-54-28-29-78(114)65(94)34-54)88(120)105-73(37-55-42-98-66-23-11-10-20-60(55)66)90(122)102-70(24-12-14-30-95)87(119)109-84(52(4)113)93(125)107-75(48-127)92(124)108-83(51(3)112)85(96)117/h7-11,16-23,26-29,34,42-44,51-52,58-59,63-64,69-77,83-84,98-100,112-114,126-127H,5-6,12-15,24-25,30-33,35-41,45-50,95H2,1-4H3,(H2,96,117)(H,97,115)(H,101,116)(H,102,122)(H,103,118)(H,104,123)(H,105,120)(H,106,121)(H,107,125)(H,108,124)(H,109,119)/t51-,52-,58+,59+,63-,64-,69-,70+,71-,72+,73-,74+,75+,76-,77-,83+,84+/m1/s1. The number of hydrogen-bond acceptors (Lipinski definition) is 21. The van der Waals surface area contributed by atoms with E-state index < -0.39 is 120 Å². The molecular weight excluding hydrogens is 1830 g/mol. The van der Waals surface area contributed by atoms with E-state index in [0.29, 0.717) is 75.0 Å². The third-order valence-corrected chi connectivity index (χ3v) is 29.1. The van der Waals surface area contributed by atoms with Crippen LogP contribution in [0.5, 0.6) is 5.75 Å². The van der Waals surface area contributed by atoms with Crippen molar-refractivity contribution in [2.75, 3.05) is 62.3 Å². The lowest BCUT2D eigenvalue weighted by molar-refractivity contribution is -0.137. The lowest BCUT2D eigenvalue weighted by Crippen LogP contribution is -2.62. The number of primary amides is 1. The Hall–Kier alpha value is -9.38. The molecule has 0 bridgehead atoms. The highest BCUT2D eigenvalue weighted by atomic mass is 127. The summed E-state index contributed by atoms with van der Waals surface area (Å²) in [7, 11) is 0. The van der Waals surface area contributed by atoms with E-state index in [4.69, 9.17) is 11.5 Å². The zero-order valence-electron chi connectivity index (χ0n) is 73.1. The van der Waals surface area contributed by atoms with Crippen LogP contribution in [0.3, 0.4) is 0 Å². The number of amides is 11. The number of thiol groups is 2. The van der Waals surface area contributed by atoms with Crippen LogP contribution in [-0.4, -0.2) is 256 Å². The van der Waals surface area contributed by atoms with Crippen LogP contribution in [0.1, 0.15) is 143 Å². The second-order valence-electron chi connectivity index (χ2n) is 34.3. The first-order valence-electron chi connectivity index (χ1n) is 44.7. The van der Waals surface area contributed by atoms with Crippen LogP contribution in [0.25, 0.3) is 32.7 Å². The van der Waals surface area contributed by atoms with Gasteiger partial charge in [-0.2, -0.15) is 25.3 Å². The molecular formula is C93H122IN17O14S4. The number of aromatic hydroxyl groups is 1. The van der Waals surface area contributed by atoms with Crippen molar-refractivity contribution < 1.29 is 68.1 Å². The molecule has 2 aliphatic heterocycles. The number of piperidine rings is 2. The Bertz CT molecular complexity index is 5250. The number of thioether (sulfide) groups is 2. The number of aliphatic hydroxyl groups excluding tert-OH is 2. The average molecular weight is 1960 g/mol. The van der Waals surface area contributed by atoms with E-state index in [0.717, 1.165) is 75.7 Å². The van der Waals surface area contributed by atoms with Crippen LogP contribution in [0.15, 0.2) is 128 Å². The molecule has 0 unspecified atom stereocenters. The maximum absolute atomic E-state index is 15.4. The monoisotopic (exact) mass is 1960 g/mol. The Kier molecular flexibility index (Phi) is 36.0. The molecule has 694 valence electrons. The van der Waals surface area contributed by atoms with Gasteiger partial charge in [0.25, 0.3) is 0 Å². The molecule has 11 amide bonds. The van der Waals surface area contributed by atoms with Crippen LogP contribution >= 0.6 is 71.4 Å². The number of aromatic amines is 3. The summed E-state index contributed by atoms with van der Waals surface area (Å²) in [5.74, 6) is -8.64. The number of unbranched alkanes of at least 4 members (excludes halogenated alkanes) is 2. The number of carbonyl (C=O) groups excluding carboxylic acids is 11. The van der Waals surface area contributed by atoms with E-state index in [-0.39, 0.29) is 102 Å². The lowest BCUT2D eigenvalue weighted by atomic mass is 9.75. The predicted molar refractivity (Wildman–Crippen MR) is 517 cm³/mol. The molecule has 0 spiro atoms. The van der Waals surface area contributed by atoms with Gasteiger partial charge in [0.05, 0.1) is 27.3 Å². The van der Waals surface area contributed by atoms with E-state index in [1.165, 1.54) is 52.9 Å². The number of nitrogens with zero attached hydrogens (tertiary/aromatic N) is 2. The molecule has 3 aromatic heterocycles. The van der Waals surface area contributed by atoms with Gasteiger partial charge in [-0.1, -0.05) is 92.7 Å². The van der Waals surface area contributed by atoms with Crippen molar-refractivity contribution in [3.63, 3.8) is 0 Å². The van der Waals surface area contributed by atoms with Crippen molar-refractivity contribution in [3.8, 4) is 5.75 Å². The molecule has 20 N–H and O–H groups in total. The number of aliphatic hydroxyl groups is 2. The number of rotatable bonds is 47. The largest absolute Gasteiger partial charge is 0.507 e. The van der Waals surface area contributed by atoms with E-state index in [2.05, 4.69) is 166 Å². The number of hydrogen-bond donors (Lipinski definition) is 20. The first-order chi connectivity index (χ1) is 62.1. The summed E-state index contributed by atoms with van der Waals surface area (Å²) < 4.78 is 0.396.